The molecule has 1 unspecified atom stereocenters. The molecular formula is C50H80O6. The average molecular weight is 777 g/mol. The molecule has 0 amide bonds. The Morgan fingerprint density at radius 1 is 0.375 bits per heavy atom. The molecule has 0 aliphatic carbocycles. The third-order valence-electron chi connectivity index (χ3n) is 8.82. The maximum Gasteiger partial charge on any atom is 0.306 e. The zero-order valence-electron chi connectivity index (χ0n) is 35.9. The van der Waals surface area contributed by atoms with E-state index in [0.29, 0.717) is 19.3 Å². The molecule has 0 saturated carbocycles. The summed E-state index contributed by atoms with van der Waals surface area (Å²) in [5.41, 5.74) is 0. The van der Waals surface area contributed by atoms with Crippen LogP contribution in [-0.4, -0.2) is 37.2 Å². The maximum absolute atomic E-state index is 12.7. The highest BCUT2D eigenvalue weighted by atomic mass is 16.6. The lowest BCUT2D eigenvalue weighted by atomic mass is 10.1. The van der Waals surface area contributed by atoms with E-state index < -0.39 is 6.10 Å². The number of ether oxygens (including phenoxy) is 3. The maximum atomic E-state index is 12.7. The highest BCUT2D eigenvalue weighted by molar-refractivity contribution is 5.71. The van der Waals surface area contributed by atoms with E-state index in [-0.39, 0.29) is 44.0 Å². The molecule has 0 bridgehead atoms. The summed E-state index contributed by atoms with van der Waals surface area (Å²) >= 11 is 0. The van der Waals surface area contributed by atoms with Crippen molar-refractivity contribution < 1.29 is 28.6 Å². The number of carbonyl (C=O) groups excluding carboxylic acids is 3. The van der Waals surface area contributed by atoms with E-state index in [1.165, 1.54) is 32.1 Å². The first kappa shape index (κ1) is 52.3. The highest BCUT2D eigenvalue weighted by Crippen LogP contribution is 2.11. The van der Waals surface area contributed by atoms with Crippen LogP contribution in [0.1, 0.15) is 181 Å². The lowest BCUT2D eigenvalue weighted by Gasteiger charge is -2.18. The van der Waals surface area contributed by atoms with Crippen LogP contribution in [0.2, 0.25) is 0 Å². The fourth-order valence-electron chi connectivity index (χ4n) is 5.52. The van der Waals surface area contributed by atoms with Crippen molar-refractivity contribution >= 4 is 17.9 Å². The van der Waals surface area contributed by atoms with Crippen LogP contribution < -0.4 is 0 Å². The van der Waals surface area contributed by atoms with Crippen LogP contribution >= 0.6 is 0 Å². The predicted molar refractivity (Wildman–Crippen MR) is 237 cm³/mol. The summed E-state index contributed by atoms with van der Waals surface area (Å²) in [4.78, 5) is 37.7. The van der Waals surface area contributed by atoms with Crippen molar-refractivity contribution in [3.05, 3.63) is 97.2 Å². The summed E-state index contributed by atoms with van der Waals surface area (Å²) in [6, 6.07) is 0. The zero-order chi connectivity index (χ0) is 40.8. The van der Waals surface area contributed by atoms with Crippen molar-refractivity contribution in [2.75, 3.05) is 13.2 Å². The third-order valence-corrected chi connectivity index (χ3v) is 8.82. The van der Waals surface area contributed by atoms with Crippen LogP contribution in [0.25, 0.3) is 0 Å². The number of allylic oxidation sites excluding steroid dienone is 16. The van der Waals surface area contributed by atoms with Crippen molar-refractivity contribution in [2.45, 2.75) is 187 Å². The summed E-state index contributed by atoms with van der Waals surface area (Å²) in [6.45, 7) is 6.25. The average Bonchev–Trinajstić information content (AvgIpc) is 3.19. The normalized spacial score (nSPS) is 13.0. The lowest BCUT2D eigenvalue weighted by molar-refractivity contribution is -0.166. The number of rotatable bonds is 38. The van der Waals surface area contributed by atoms with Crippen molar-refractivity contribution in [3.63, 3.8) is 0 Å². The quantitative estimate of drug-likeness (QED) is 0.0269. The number of hydrogen-bond acceptors (Lipinski definition) is 6. The topological polar surface area (TPSA) is 78.9 Å². The largest absolute Gasteiger partial charge is 0.462 e. The number of esters is 3. The van der Waals surface area contributed by atoms with Gasteiger partial charge in [0, 0.05) is 19.3 Å². The smallest absolute Gasteiger partial charge is 0.306 e. The molecule has 0 radical (unpaired) electrons. The molecule has 0 aromatic heterocycles. The van der Waals surface area contributed by atoms with E-state index in [1.54, 1.807) is 0 Å². The third kappa shape index (κ3) is 41.5. The van der Waals surface area contributed by atoms with Crippen molar-refractivity contribution in [2.24, 2.45) is 0 Å². The van der Waals surface area contributed by atoms with Crippen LogP contribution in [0.15, 0.2) is 97.2 Å². The molecule has 0 saturated heterocycles. The van der Waals surface area contributed by atoms with Gasteiger partial charge in [-0.15, -0.1) is 0 Å². The molecule has 0 aliphatic heterocycles. The fourth-order valence-corrected chi connectivity index (χ4v) is 5.52. The number of unbranched alkanes of at least 4 members (excludes halogenated alkanes) is 11. The second kappa shape index (κ2) is 44.0. The fraction of sp³-hybridized carbons (Fsp3) is 0.620. The van der Waals surface area contributed by atoms with E-state index in [4.69, 9.17) is 14.2 Å². The molecule has 6 heteroatoms. The van der Waals surface area contributed by atoms with E-state index >= 15 is 0 Å². The molecule has 0 fully saturated rings. The van der Waals surface area contributed by atoms with Gasteiger partial charge in [0.25, 0.3) is 0 Å². The first-order chi connectivity index (χ1) is 27.5. The molecule has 0 aromatic carbocycles. The van der Waals surface area contributed by atoms with Crippen molar-refractivity contribution in [1.29, 1.82) is 0 Å². The minimum Gasteiger partial charge on any atom is -0.462 e. The van der Waals surface area contributed by atoms with Gasteiger partial charge in [0.15, 0.2) is 6.10 Å². The molecule has 316 valence electrons. The van der Waals surface area contributed by atoms with E-state index in [9.17, 15) is 14.4 Å². The molecule has 0 spiro atoms. The second-order valence-electron chi connectivity index (χ2n) is 14.2. The van der Waals surface area contributed by atoms with E-state index in [0.717, 1.165) is 96.3 Å². The Kier molecular flexibility index (Phi) is 41.2. The van der Waals surface area contributed by atoms with Gasteiger partial charge in [0.05, 0.1) is 0 Å². The van der Waals surface area contributed by atoms with Crippen molar-refractivity contribution in [3.8, 4) is 0 Å². The molecule has 0 N–H and O–H groups in total. The van der Waals surface area contributed by atoms with Crippen molar-refractivity contribution in [1.82, 2.24) is 0 Å². The standard InChI is InChI=1S/C50H80O6/c1-4-7-10-13-16-19-22-25-28-31-34-37-40-43-49(52)55-46-47(45-54-48(51)42-39-36-33-30-27-24-21-18-15-12-9-6-3)56-50(53)44-41-38-35-32-29-26-23-20-17-14-11-8-5-2/h7-8,10-11,16-21,25-26,28-29,34,37,47H,4-6,9,12-15,22-24,27,30-33,35-36,38-46H2,1-3H3/b10-7-,11-8-,19-16-,20-17-,21-18-,28-25-,29-26-,37-34-. The van der Waals surface area contributed by atoms with Gasteiger partial charge in [0.1, 0.15) is 13.2 Å². The van der Waals surface area contributed by atoms with Crippen LogP contribution in [0.3, 0.4) is 0 Å². The molecule has 6 nitrogen and oxygen atoms in total. The minimum absolute atomic E-state index is 0.118. The Morgan fingerprint density at radius 2 is 0.732 bits per heavy atom. The van der Waals surface area contributed by atoms with Gasteiger partial charge >= 0.3 is 17.9 Å². The Balaban J connectivity index is 4.57. The van der Waals surface area contributed by atoms with Gasteiger partial charge in [0.2, 0.25) is 0 Å². The van der Waals surface area contributed by atoms with Crippen LogP contribution in [0, 0.1) is 0 Å². The molecule has 0 aromatic rings. The summed E-state index contributed by atoms with van der Waals surface area (Å²) in [6.07, 6.45) is 56.9. The Bertz CT molecular complexity index is 1170. The Labute approximate surface area is 343 Å². The SMILES string of the molecule is CC/C=C\C/C=C\C/C=C\C/C=C\CCC(=O)OCC(COC(=O)CCCCCCC/C=C\CCCCC)OC(=O)CCCCC/C=C\C/C=C\C/C=C\CC. The molecular weight excluding hydrogens is 697 g/mol. The second-order valence-corrected chi connectivity index (χ2v) is 14.2. The lowest BCUT2D eigenvalue weighted by Crippen LogP contribution is -2.30. The molecule has 0 heterocycles. The van der Waals surface area contributed by atoms with Gasteiger partial charge in [-0.25, -0.2) is 0 Å². The molecule has 1 atom stereocenters. The van der Waals surface area contributed by atoms with Gasteiger partial charge in [-0.2, -0.15) is 0 Å². The van der Waals surface area contributed by atoms with E-state index in [2.05, 4.69) is 106 Å². The molecule has 0 aliphatic rings. The van der Waals surface area contributed by atoms with Gasteiger partial charge < -0.3 is 14.2 Å². The summed E-state index contributed by atoms with van der Waals surface area (Å²) < 4.78 is 16.6. The Hall–Kier alpha value is -3.67. The van der Waals surface area contributed by atoms with Crippen LogP contribution in [-0.2, 0) is 28.6 Å². The zero-order valence-corrected chi connectivity index (χ0v) is 35.9. The predicted octanol–water partition coefficient (Wildman–Crippen LogP) is 14.2. The van der Waals surface area contributed by atoms with Crippen LogP contribution in [0.4, 0.5) is 0 Å². The first-order valence-electron chi connectivity index (χ1n) is 22.2. The van der Waals surface area contributed by atoms with Gasteiger partial charge in [-0.1, -0.05) is 157 Å². The molecule has 0 rings (SSSR count). The van der Waals surface area contributed by atoms with Crippen LogP contribution in [0.5, 0.6) is 0 Å². The summed E-state index contributed by atoms with van der Waals surface area (Å²) in [5, 5.41) is 0. The first-order valence-corrected chi connectivity index (χ1v) is 22.2. The van der Waals surface area contributed by atoms with Gasteiger partial charge in [-0.05, 0) is 103 Å². The van der Waals surface area contributed by atoms with E-state index in [1.807, 2.05) is 12.2 Å². The monoisotopic (exact) mass is 777 g/mol. The Morgan fingerprint density at radius 3 is 1.23 bits per heavy atom. The number of carbonyl (C=O) groups is 3. The minimum atomic E-state index is -0.823. The molecule has 56 heavy (non-hydrogen) atoms. The highest BCUT2D eigenvalue weighted by Gasteiger charge is 2.19. The number of hydrogen-bond donors (Lipinski definition) is 0. The summed E-state index contributed by atoms with van der Waals surface area (Å²) in [7, 11) is 0. The van der Waals surface area contributed by atoms with Gasteiger partial charge in [-0.3, -0.25) is 14.4 Å². The summed E-state index contributed by atoms with van der Waals surface area (Å²) in [5.74, 6) is -1.05.